The van der Waals surface area contributed by atoms with Crippen molar-refractivity contribution in [3.63, 3.8) is 0 Å². The van der Waals surface area contributed by atoms with Crippen molar-refractivity contribution in [3.8, 4) is 17.2 Å². The predicted octanol–water partition coefficient (Wildman–Crippen LogP) is 4.61. The van der Waals surface area contributed by atoms with Gasteiger partial charge in [-0.15, -0.1) is 0 Å². The van der Waals surface area contributed by atoms with E-state index in [0.717, 1.165) is 0 Å². The molecule has 0 aromatic heterocycles. The minimum Gasteiger partial charge on any atom is -0.494 e. The van der Waals surface area contributed by atoms with Gasteiger partial charge in [-0.2, -0.15) is 0 Å². The minimum atomic E-state index is -3.80. The zero-order chi connectivity index (χ0) is 24.6. The van der Waals surface area contributed by atoms with Crippen molar-refractivity contribution in [2.24, 2.45) is 0 Å². The molecule has 0 unspecified atom stereocenters. The van der Waals surface area contributed by atoms with Gasteiger partial charge in [0.2, 0.25) is 0 Å². The summed E-state index contributed by atoms with van der Waals surface area (Å²) >= 11 is 0. The lowest BCUT2D eigenvalue weighted by Gasteiger charge is -2.14. The smallest absolute Gasteiger partial charge is 0.262 e. The van der Waals surface area contributed by atoms with E-state index < -0.39 is 10.0 Å². The average Bonchev–Trinajstić information content (AvgIpc) is 2.81. The molecule has 0 saturated carbocycles. The standard InChI is InChI=1S/C25H28N2O6S/c1-4-31-20-12-10-19(11-13-20)27-34(29,30)21-14-15-23(18(3)16-21)33-17-25(28)26-22-8-6-7-9-24(22)32-5-2/h6-16,27H,4-5,17H2,1-3H3,(H,26,28). The van der Waals surface area contributed by atoms with Crippen LogP contribution in [0.4, 0.5) is 11.4 Å². The summed E-state index contributed by atoms with van der Waals surface area (Å²) in [5, 5.41) is 2.76. The lowest BCUT2D eigenvalue weighted by molar-refractivity contribution is -0.118. The highest BCUT2D eigenvalue weighted by molar-refractivity contribution is 7.92. The first-order valence-corrected chi connectivity index (χ1v) is 12.3. The first-order valence-electron chi connectivity index (χ1n) is 10.8. The number of hydrogen-bond donors (Lipinski definition) is 2. The fourth-order valence-corrected chi connectivity index (χ4v) is 4.28. The van der Waals surface area contributed by atoms with Crippen molar-refractivity contribution in [3.05, 3.63) is 72.3 Å². The molecule has 2 N–H and O–H groups in total. The molecule has 180 valence electrons. The van der Waals surface area contributed by atoms with Gasteiger partial charge in [0, 0.05) is 5.69 Å². The highest BCUT2D eigenvalue weighted by atomic mass is 32.2. The number of hydrogen-bond acceptors (Lipinski definition) is 6. The van der Waals surface area contributed by atoms with Crippen LogP contribution in [0.3, 0.4) is 0 Å². The van der Waals surface area contributed by atoms with Crippen LogP contribution in [-0.4, -0.2) is 34.1 Å². The lowest BCUT2D eigenvalue weighted by atomic mass is 10.2. The lowest BCUT2D eigenvalue weighted by Crippen LogP contribution is -2.21. The minimum absolute atomic E-state index is 0.0846. The van der Waals surface area contributed by atoms with Gasteiger partial charge < -0.3 is 19.5 Å². The van der Waals surface area contributed by atoms with Crippen molar-refractivity contribution in [2.45, 2.75) is 25.7 Å². The normalized spacial score (nSPS) is 10.9. The van der Waals surface area contributed by atoms with E-state index in [2.05, 4.69) is 10.0 Å². The van der Waals surface area contributed by atoms with E-state index in [-0.39, 0.29) is 17.4 Å². The fraction of sp³-hybridized carbons (Fsp3) is 0.240. The van der Waals surface area contributed by atoms with Crippen molar-refractivity contribution in [1.29, 1.82) is 0 Å². The summed E-state index contributed by atoms with van der Waals surface area (Å²) in [4.78, 5) is 12.4. The molecule has 34 heavy (non-hydrogen) atoms. The maximum absolute atomic E-state index is 12.8. The number of carbonyl (C=O) groups excluding carboxylic acids is 1. The molecule has 3 aromatic rings. The van der Waals surface area contributed by atoms with E-state index in [9.17, 15) is 13.2 Å². The molecule has 3 aromatic carbocycles. The number of rotatable bonds is 11. The number of anilines is 2. The zero-order valence-electron chi connectivity index (χ0n) is 19.3. The van der Waals surface area contributed by atoms with Crippen LogP contribution >= 0.6 is 0 Å². The van der Waals surface area contributed by atoms with E-state index in [1.54, 1.807) is 49.4 Å². The number of para-hydroxylation sites is 2. The summed E-state index contributed by atoms with van der Waals surface area (Å²) in [5.41, 5.74) is 1.55. The molecule has 0 bridgehead atoms. The molecule has 0 radical (unpaired) electrons. The molecule has 0 saturated heterocycles. The van der Waals surface area contributed by atoms with Gasteiger partial charge in [-0.05, 0) is 80.9 Å². The molecule has 0 atom stereocenters. The molecule has 0 aliphatic heterocycles. The zero-order valence-corrected chi connectivity index (χ0v) is 20.1. The predicted molar refractivity (Wildman–Crippen MR) is 131 cm³/mol. The Kier molecular flexibility index (Phi) is 8.37. The van der Waals surface area contributed by atoms with E-state index in [1.165, 1.54) is 18.2 Å². The van der Waals surface area contributed by atoms with Crippen LogP contribution in [0.2, 0.25) is 0 Å². The van der Waals surface area contributed by atoms with Crippen LogP contribution in [0.25, 0.3) is 0 Å². The molecule has 0 aliphatic rings. The second kappa shape index (κ2) is 11.4. The topological polar surface area (TPSA) is 103 Å². The average molecular weight is 485 g/mol. The third kappa shape index (κ3) is 6.64. The Balaban J connectivity index is 1.62. The highest BCUT2D eigenvalue weighted by Crippen LogP contribution is 2.26. The van der Waals surface area contributed by atoms with Crippen LogP contribution in [0.1, 0.15) is 19.4 Å². The SMILES string of the molecule is CCOc1ccc(NS(=O)(=O)c2ccc(OCC(=O)Nc3ccccc3OCC)c(C)c2)cc1. The van der Waals surface area contributed by atoms with Crippen molar-refractivity contribution in [1.82, 2.24) is 0 Å². The number of sulfonamides is 1. The van der Waals surface area contributed by atoms with Gasteiger partial charge >= 0.3 is 0 Å². The quantitative estimate of drug-likeness (QED) is 0.412. The highest BCUT2D eigenvalue weighted by Gasteiger charge is 2.16. The molecule has 0 aliphatic carbocycles. The maximum atomic E-state index is 12.8. The third-order valence-electron chi connectivity index (χ3n) is 4.69. The monoisotopic (exact) mass is 484 g/mol. The first kappa shape index (κ1) is 24.9. The third-order valence-corrected chi connectivity index (χ3v) is 6.07. The number of carbonyl (C=O) groups is 1. The van der Waals surface area contributed by atoms with Crippen molar-refractivity contribution < 1.29 is 27.4 Å². The number of ether oxygens (including phenoxy) is 3. The molecular weight excluding hydrogens is 456 g/mol. The van der Waals surface area contributed by atoms with Crippen LogP contribution in [0, 0.1) is 6.92 Å². The van der Waals surface area contributed by atoms with Crippen molar-refractivity contribution in [2.75, 3.05) is 29.9 Å². The fourth-order valence-electron chi connectivity index (χ4n) is 3.13. The first-order chi connectivity index (χ1) is 16.3. The Morgan fingerprint density at radius 2 is 1.56 bits per heavy atom. The Morgan fingerprint density at radius 3 is 2.24 bits per heavy atom. The van der Waals surface area contributed by atoms with Gasteiger partial charge in [0.15, 0.2) is 6.61 Å². The Hall–Kier alpha value is -3.72. The molecule has 0 fully saturated rings. The number of nitrogens with one attached hydrogen (secondary N) is 2. The summed E-state index contributed by atoms with van der Waals surface area (Å²) in [6.07, 6.45) is 0. The largest absolute Gasteiger partial charge is 0.494 e. The van der Waals surface area contributed by atoms with Gasteiger partial charge in [-0.3, -0.25) is 9.52 Å². The number of benzene rings is 3. The van der Waals surface area contributed by atoms with E-state index in [0.29, 0.717) is 47.4 Å². The van der Waals surface area contributed by atoms with E-state index in [4.69, 9.17) is 14.2 Å². The van der Waals surface area contributed by atoms with Crippen LogP contribution in [0.5, 0.6) is 17.2 Å². The number of amides is 1. The summed E-state index contributed by atoms with van der Waals surface area (Å²) in [7, 11) is -3.80. The van der Waals surface area contributed by atoms with E-state index >= 15 is 0 Å². The second-order valence-corrected chi connectivity index (χ2v) is 8.94. The van der Waals surface area contributed by atoms with E-state index in [1.807, 2.05) is 19.9 Å². The summed E-state index contributed by atoms with van der Waals surface area (Å²) in [6.45, 7) is 6.22. The van der Waals surface area contributed by atoms with Gasteiger partial charge in [-0.1, -0.05) is 12.1 Å². The molecule has 3 rings (SSSR count). The van der Waals surface area contributed by atoms with Gasteiger partial charge in [-0.25, -0.2) is 8.42 Å². The molecule has 8 nitrogen and oxygen atoms in total. The van der Waals surface area contributed by atoms with Gasteiger partial charge in [0.25, 0.3) is 15.9 Å². The Morgan fingerprint density at radius 1 is 0.853 bits per heavy atom. The van der Waals surface area contributed by atoms with Crippen LogP contribution < -0.4 is 24.2 Å². The summed E-state index contributed by atoms with van der Waals surface area (Å²) in [6, 6.07) is 18.2. The second-order valence-electron chi connectivity index (χ2n) is 7.26. The molecule has 0 spiro atoms. The summed E-state index contributed by atoms with van der Waals surface area (Å²) < 4.78 is 44.6. The Labute approximate surface area is 199 Å². The molecule has 9 heteroatoms. The molecule has 0 heterocycles. The Bertz CT molecular complexity index is 1230. The van der Waals surface area contributed by atoms with Crippen molar-refractivity contribution >= 4 is 27.3 Å². The molecular formula is C25H28N2O6S. The van der Waals surface area contributed by atoms with Gasteiger partial charge in [0.1, 0.15) is 17.2 Å². The van der Waals surface area contributed by atoms with Crippen LogP contribution in [-0.2, 0) is 14.8 Å². The van der Waals surface area contributed by atoms with Crippen LogP contribution in [0.15, 0.2) is 71.6 Å². The maximum Gasteiger partial charge on any atom is 0.262 e. The number of aryl methyl sites for hydroxylation is 1. The molecule has 1 amide bonds. The van der Waals surface area contributed by atoms with Gasteiger partial charge in [0.05, 0.1) is 23.8 Å². The summed E-state index contributed by atoms with van der Waals surface area (Å²) in [5.74, 6) is 1.28.